The molecule has 2 amide bonds. The first-order chi connectivity index (χ1) is 9.10. The summed E-state index contributed by atoms with van der Waals surface area (Å²) in [6.45, 7) is 3.42. The van der Waals surface area contributed by atoms with Gasteiger partial charge < -0.3 is 15.0 Å². The number of likely N-dealkylation sites (tertiary alicyclic amines) is 1. The zero-order valence-electron chi connectivity index (χ0n) is 11.0. The first kappa shape index (κ1) is 14.0. The molecule has 1 N–H and O–H groups in total. The highest BCUT2D eigenvalue weighted by Gasteiger charge is 2.34. The van der Waals surface area contributed by atoms with Crippen molar-refractivity contribution in [3.8, 4) is 0 Å². The van der Waals surface area contributed by atoms with Crippen LogP contribution < -0.4 is 5.32 Å². The van der Waals surface area contributed by atoms with E-state index in [2.05, 4.69) is 10.3 Å². The largest absolute Gasteiger partial charge is 0.383 e. The number of carbonyl (C=O) groups is 2. The lowest BCUT2D eigenvalue weighted by Gasteiger charge is -2.15. The summed E-state index contributed by atoms with van der Waals surface area (Å²) >= 11 is 1.43. The molecule has 0 bridgehead atoms. The van der Waals surface area contributed by atoms with Crippen LogP contribution in [-0.2, 0) is 14.3 Å². The standard InChI is InChI=1S/C12H17N3O3S/c1-8-6-13-12(19-8)14-11(17)9-5-10(16)15(7-9)3-4-18-2/h6,9H,3-5,7H2,1-2H3,(H,13,14,17). The number of hydrogen-bond donors (Lipinski definition) is 1. The molecule has 0 aromatic carbocycles. The molecule has 1 aliphatic rings. The van der Waals surface area contributed by atoms with Crippen LogP contribution in [0.25, 0.3) is 0 Å². The third-order valence-corrected chi connectivity index (χ3v) is 3.83. The molecular formula is C12H17N3O3S. The fourth-order valence-corrected chi connectivity index (χ4v) is 2.65. The van der Waals surface area contributed by atoms with E-state index in [1.807, 2.05) is 6.92 Å². The number of anilines is 1. The predicted molar refractivity (Wildman–Crippen MR) is 72.0 cm³/mol. The van der Waals surface area contributed by atoms with Gasteiger partial charge >= 0.3 is 0 Å². The second-order valence-electron chi connectivity index (χ2n) is 4.50. The van der Waals surface area contributed by atoms with Gasteiger partial charge in [0.2, 0.25) is 11.8 Å². The number of amides is 2. The summed E-state index contributed by atoms with van der Waals surface area (Å²) in [5.74, 6) is -0.427. The van der Waals surface area contributed by atoms with Gasteiger partial charge in [-0.25, -0.2) is 4.98 Å². The zero-order chi connectivity index (χ0) is 13.8. The van der Waals surface area contributed by atoms with E-state index < -0.39 is 0 Å². The predicted octanol–water partition coefficient (Wildman–Crippen LogP) is 0.885. The number of nitrogens with zero attached hydrogens (tertiary/aromatic N) is 2. The van der Waals surface area contributed by atoms with Crippen LogP contribution >= 0.6 is 11.3 Å². The quantitative estimate of drug-likeness (QED) is 0.871. The van der Waals surface area contributed by atoms with Crippen LogP contribution in [0, 0.1) is 12.8 Å². The van der Waals surface area contributed by atoms with Gasteiger partial charge in [-0.1, -0.05) is 0 Å². The smallest absolute Gasteiger partial charge is 0.231 e. The van der Waals surface area contributed by atoms with E-state index in [0.29, 0.717) is 24.8 Å². The van der Waals surface area contributed by atoms with E-state index in [9.17, 15) is 9.59 Å². The first-order valence-electron chi connectivity index (χ1n) is 6.10. The molecule has 2 rings (SSSR count). The molecule has 0 saturated carbocycles. The molecule has 104 valence electrons. The number of ether oxygens (including phenoxy) is 1. The maximum Gasteiger partial charge on any atom is 0.231 e. The van der Waals surface area contributed by atoms with E-state index in [4.69, 9.17) is 4.74 Å². The summed E-state index contributed by atoms with van der Waals surface area (Å²) < 4.78 is 4.94. The average Bonchev–Trinajstić information content (AvgIpc) is 2.93. The van der Waals surface area contributed by atoms with Crippen LogP contribution in [0.2, 0.25) is 0 Å². The molecule has 1 fully saturated rings. The molecule has 19 heavy (non-hydrogen) atoms. The number of methoxy groups -OCH3 is 1. The average molecular weight is 283 g/mol. The lowest BCUT2D eigenvalue weighted by atomic mass is 10.1. The van der Waals surface area contributed by atoms with Crippen molar-refractivity contribution in [1.29, 1.82) is 0 Å². The van der Waals surface area contributed by atoms with Gasteiger partial charge in [0.15, 0.2) is 5.13 Å². The molecule has 7 heteroatoms. The highest BCUT2D eigenvalue weighted by Crippen LogP contribution is 2.21. The molecule has 0 spiro atoms. The van der Waals surface area contributed by atoms with Crippen LogP contribution in [0.15, 0.2) is 6.20 Å². The first-order valence-corrected chi connectivity index (χ1v) is 6.92. The lowest BCUT2D eigenvalue weighted by Crippen LogP contribution is -2.30. The van der Waals surface area contributed by atoms with Crippen molar-refractivity contribution < 1.29 is 14.3 Å². The molecule has 1 saturated heterocycles. The SMILES string of the molecule is COCCN1CC(C(=O)Nc2ncc(C)s2)CC1=O. The van der Waals surface area contributed by atoms with Gasteiger partial charge in [-0.3, -0.25) is 9.59 Å². The van der Waals surface area contributed by atoms with Crippen LogP contribution in [0.1, 0.15) is 11.3 Å². The van der Waals surface area contributed by atoms with Gasteiger partial charge in [0.05, 0.1) is 12.5 Å². The summed E-state index contributed by atoms with van der Waals surface area (Å²) in [4.78, 5) is 30.6. The van der Waals surface area contributed by atoms with Gasteiger partial charge in [0.25, 0.3) is 0 Å². The Balaban J connectivity index is 1.89. The number of nitrogens with one attached hydrogen (secondary N) is 1. The Bertz CT molecular complexity index is 475. The van der Waals surface area contributed by atoms with Crippen LogP contribution in [0.3, 0.4) is 0 Å². The van der Waals surface area contributed by atoms with Crippen LogP contribution in [0.4, 0.5) is 5.13 Å². The second-order valence-corrected chi connectivity index (χ2v) is 5.73. The summed E-state index contributed by atoms with van der Waals surface area (Å²) in [5, 5.41) is 3.35. The van der Waals surface area contributed by atoms with Crippen LogP contribution in [0.5, 0.6) is 0 Å². The van der Waals surface area contributed by atoms with Crippen molar-refractivity contribution in [3.05, 3.63) is 11.1 Å². The highest BCUT2D eigenvalue weighted by atomic mass is 32.1. The lowest BCUT2D eigenvalue weighted by molar-refractivity contribution is -0.128. The maximum atomic E-state index is 12.0. The molecule has 1 aliphatic heterocycles. The third kappa shape index (κ3) is 3.51. The molecule has 1 unspecified atom stereocenters. The van der Waals surface area contributed by atoms with Crippen LogP contribution in [-0.4, -0.2) is 48.5 Å². The molecule has 0 radical (unpaired) electrons. The second kappa shape index (κ2) is 6.12. The molecule has 6 nitrogen and oxygen atoms in total. The van der Waals surface area contributed by atoms with E-state index in [0.717, 1.165) is 4.88 Å². The van der Waals surface area contributed by atoms with Gasteiger partial charge in [0.1, 0.15) is 0 Å². The van der Waals surface area contributed by atoms with Gasteiger partial charge in [0, 0.05) is 37.7 Å². The molecule has 1 aromatic heterocycles. The monoisotopic (exact) mass is 283 g/mol. The zero-order valence-corrected chi connectivity index (χ0v) is 11.8. The minimum Gasteiger partial charge on any atom is -0.383 e. The van der Waals surface area contributed by atoms with E-state index >= 15 is 0 Å². The summed E-state index contributed by atoms with van der Waals surface area (Å²) in [5.41, 5.74) is 0. The summed E-state index contributed by atoms with van der Waals surface area (Å²) in [6.07, 6.45) is 1.98. The Labute approximate surface area is 115 Å². The fraction of sp³-hybridized carbons (Fsp3) is 0.583. The number of hydrogen-bond acceptors (Lipinski definition) is 5. The number of thiazole rings is 1. The normalized spacial score (nSPS) is 18.9. The molecule has 1 aromatic rings. The van der Waals surface area contributed by atoms with Crippen molar-refractivity contribution in [1.82, 2.24) is 9.88 Å². The number of aromatic nitrogens is 1. The van der Waals surface area contributed by atoms with Crippen molar-refractivity contribution in [2.24, 2.45) is 5.92 Å². The van der Waals surface area contributed by atoms with E-state index in [1.54, 1.807) is 18.2 Å². The third-order valence-electron chi connectivity index (χ3n) is 3.00. The van der Waals surface area contributed by atoms with Gasteiger partial charge in [-0.2, -0.15) is 0 Å². The topological polar surface area (TPSA) is 71.5 Å². The minimum absolute atomic E-state index is 0.00696. The Morgan fingerprint density at radius 1 is 1.68 bits per heavy atom. The van der Waals surface area contributed by atoms with Crippen molar-refractivity contribution in [2.75, 3.05) is 32.1 Å². The Kier molecular flexibility index (Phi) is 4.49. The van der Waals surface area contributed by atoms with Crippen molar-refractivity contribution in [2.45, 2.75) is 13.3 Å². The molecule has 1 atom stereocenters. The van der Waals surface area contributed by atoms with Gasteiger partial charge in [-0.05, 0) is 6.92 Å². The Hall–Kier alpha value is -1.47. The molecular weight excluding hydrogens is 266 g/mol. The molecule has 0 aliphatic carbocycles. The number of rotatable bonds is 5. The van der Waals surface area contributed by atoms with E-state index in [1.165, 1.54) is 11.3 Å². The Morgan fingerprint density at radius 2 is 2.47 bits per heavy atom. The van der Waals surface area contributed by atoms with Crippen molar-refractivity contribution in [3.63, 3.8) is 0 Å². The Morgan fingerprint density at radius 3 is 3.11 bits per heavy atom. The van der Waals surface area contributed by atoms with Gasteiger partial charge in [-0.15, -0.1) is 11.3 Å². The highest BCUT2D eigenvalue weighted by molar-refractivity contribution is 7.15. The van der Waals surface area contributed by atoms with Crippen molar-refractivity contribution >= 4 is 28.3 Å². The summed E-state index contributed by atoms with van der Waals surface area (Å²) in [7, 11) is 1.59. The van der Waals surface area contributed by atoms with E-state index in [-0.39, 0.29) is 24.2 Å². The fourth-order valence-electron chi connectivity index (χ4n) is 1.99. The minimum atomic E-state index is -0.298. The summed E-state index contributed by atoms with van der Waals surface area (Å²) in [6, 6.07) is 0. The number of carbonyl (C=O) groups excluding carboxylic acids is 2. The maximum absolute atomic E-state index is 12.0. The number of aryl methyl sites for hydroxylation is 1. The molecule has 2 heterocycles.